The highest BCUT2D eigenvalue weighted by atomic mass is 16.1. The van der Waals surface area contributed by atoms with Gasteiger partial charge in [-0.2, -0.15) is 0 Å². The molecule has 1 aliphatic heterocycles. The van der Waals surface area contributed by atoms with Crippen molar-refractivity contribution >= 4 is 16.6 Å². The molecule has 0 radical (unpaired) electrons. The lowest BCUT2D eigenvalue weighted by Gasteiger charge is -2.34. The van der Waals surface area contributed by atoms with E-state index >= 15 is 0 Å². The van der Waals surface area contributed by atoms with Crippen LogP contribution in [0.1, 0.15) is 79.2 Å². The molecule has 1 saturated carbocycles. The van der Waals surface area contributed by atoms with Gasteiger partial charge in [0.2, 0.25) is 0 Å². The number of hydrogen-bond acceptors (Lipinski definition) is 5. The van der Waals surface area contributed by atoms with E-state index in [-0.39, 0.29) is 23.7 Å². The van der Waals surface area contributed by atoms with Gasteiger partial charge in [0.15, 0.2) is 5.82 Å². The van der Waals surface area contributed by atoms with E-state index in [1.165, 1.54) is 30.4 Å². The minimum atomic E-state index is -0.375. The van der Waals surface area contributed by atoms with E-state index < -0.39 is 0 Å². The maximum Gasteiger partial charge on any atom is 0.254 e. The van der Waals surface area contributed by atoms with Gasteiger partial charge < -0.3 is 9.88 Å². The fourth-order valence-corrected chi connectivity index (χ4v) is 6.27. The number of benzene rings is 2. The van der Waals surface area contributed by atoms with Crippen molar-refractivity contribution in [3.63, 3.8) is 0 Å². The van der Waals surface area contributed by atoms with E-state index in [0.717, 1.165) is 47.2 Å². The second-order valence-electron chi connectivity index (χ2n) is 10.4. The summed E-state index contributed by atoms with van der Waals surface area (Å²) >= 11 is 0. The molecule has 1 aliphatic carbocycles. The summed E-state index contributed by atoms with van der Waals surface area (Å²) in [5.41, 5.74) is 6.21. The minimum Gasteiger partial charge on any atom is -0.354 e. The standard InChI is InChI=1S/C28H32N6O/c1-17-13-18(2)25-21(14-17)16-23(28(35)29-25)26(33-19(3)15-20-9-7-8-12-24(20)33)27-30-31-32-34(27)22-10-5-4-6-11-22/h7-9,12-14,16,19,22,26H,4-6,10-11,15H2,1-3H3,(H,29,35)/t19-,26-/m1/s1. The Hall–Kier alpha value is -3.48. The van der Waals surface area contributed by atoms with Crippen LogP contribution in [0.15, 0.2) is 47.3 Å². The first-order valence-electron chi connectivity index (χ1n) is 12.8. The van der Waals surface area contributed by atoms with Crippen LogP contribution in [0.2, 0.25) is 0 Å². The molecule has 0 amide bonds. The molecule has 6 rings (SSSR count). The number of hydrogen-bond donors (Lipinski definition) is 1. The summed E-state index contributed by atoms with van der Waals surface area (Å²) in [6, 6.07) is 14.9. The van der Waals surface area contributed by atoms with Crippen molar-refractivity contribution in [2.24, 2.45) is 0 Å². The van der Waals surface area contributed by atoms with Gasteiger partial charge in [0.05, 0.1) is 11.6 Å². The van der Waals surface area contributed by atoms with E-state index in [4.69, 9.17) is 0 Å². The molecule has 3 heterocycles. The molecular weight excluding hydrogens is 436 g/mol. The number of fused-ring (bicyclic) bond motifs is 2. The second kappa shape index (κ2) is 8.63. The second-order valence-corrected chi connectivity index (χ2v) is 10.4. The molecule has 1 fully saturated rings. The number of pyridine rings is 1. The quantitative estimate of drug-likeness (QED) is 0.447. The molecule has 35 heavy (non-hydrogen) atoms. The maximum atomic E-state index is 13.7. The van der Waals surface area contributed by atoms with Crippen molar-refractivity contribution in [1.29, 1.82) is 0 Å². The number of tetrazole rings is 1. The van der Waals surface area contributed by atoms with Crippen LogP contribution in [0.3, 0.4) is 0 Å². The maximum absolute atomic E-state index is 13.7. The van der Waals surface area contributed by atoms with E-state index in [0.29, 0.717) is 5.56 Å². The van der Waals surface area contributed by atoms with Gasteiger partial charge in [0, 0.05) is 17.3 Å². The van der Waals surface area contributed by atoms with Gasteiger partial charge in [0.25, 0.3) is 5.56 Å². The molecule has 180 valence electrons. The van der Waals surface area contributed by atoms with Gasteiger partial charge in [-0.25, -0.2) is 4.68 Å². The Morgan fingerprint density at radius 2 is 1.86 bits per heavy atom. The lowest BCUT2D eigenvalue weighted by molar-refractivity contribution is 0.312. The van der Waals surface area contributed by atoms with Crippen molar-refractivity contribution in [2.75, 3.05) is 4.90 Å². The number of aromatic amines is 1. The monoisotopic (exact) mass is 468 g/mol. The highest BCUT2D eigenvalue weighted by Crippen LogP contribution is 2.42. The fourth-order valence-electron chi connectivity index (χ4n) is 6.27. The molecule has 2 atom stereocenters. The number of aryl methyl sites for hydroxylation is 2. The smallest absolute Gasteiger partial charge is 0.254 e. The average Bonchev–Trinajstić information content (AvgIpc) is 3.46. The number of nitrogens with zero attached hydrogens (tertiary/aromatic N) is 5. The molecule has 2 aromatic heterocycles. The largest absolute Gasteiger partial charge is 0.354 e. The Labute approximate surface area is 205 Å². The molecule has 0 bridgehead atoms. The zero-order valence-electron chi connectivity index (χ0n) is 20.7. The predicted octanol–water partition coefficient (Wildman–Crippen LogP) is 5.18. The molecule has 7 nitrogen and oxygen atoms in total. The molecule has 4 aromatic rings. The first-order chi connectivity index (χ1) is 17.0. The summed E-state index contributed by atoms with van der Waals surface area (Å²) in [6.45, 7) is 6.37. The van der Waals surface area contributed by atoms with E-state index in [9.17, 15) is 4.79 Å². The van der Waals surface area contributed by atoms with Crippen molar-refractivity contribution in [3.8, 4) is 0 Å². The fraction of sp³-hybridized carbons (Fsp3) is 0.429. The number of para-hydroxylation sites is 1. The summed E-state index contributed by atoms with van der Waals surface area (Å²) < 4.78 is 2.02. The highest BCUT2D eigenvalue weighted by molar-refractivity contribution is 5.83. The van der Waals surface area contributed by atoms with Gasteiger partial charge in [-0.15, -0.1) is 5.10 Å². The molecule has 1 N–H and O–H groups in total. The van der Waals surface area contributed by atoms with E-state index in [2.05, 4.69) is 81.7 Å². The van der Waals surface area contributed by atoms with E-state index in [1.807, 2.05) is 11.6 Å². The zero-order chi connectivity index (χ0) is 24.1. The molecule has 0 spiro atoms. The van der Waals surface area contributed by atoms with Gasteiger partial charge >= 0.3 is 0 Å². The van der Waals surface area contributed by atoms with Crippen LogP contribution in [0, 0.1) is 13.8 Å². The summed E-state index contributed by atoms with van der Waals surface area (Å²) in [7, 11) is 0. The van der Waals surface area contributed by atoms with Crippen LogP contribution in [0.25, 0.3) is 10.9 Å². The third-order valence-electron chi connectivity index (χ3n) is 7.84. The number of anilines is 1. The number of H-pyrrole nitrogens is 1. The lowest BCUT2D eigenvalue weighted by atomic mass is 9.94. The Bertz CT molecular complexity index is 1450. The van der Waals surface area contributed by atoms with Crippen molar-refractivity contribution in [1.82, 2.24) is 25.2 Å². The molecule has 2 aliphatic rings. The Balaban J connectivity index is 1.58. The molecule has 7 heteroatoms. The molecular formula is C28H32N6O. The Morgan fingerprint density at radius 1 is 1.06 bits per heavy atom. The zero-order valence-corrected chi connectivity index (χ0v) is 20.7. The SMILES string of the molecule is Cc1cc(C)c2[nH]c(=O)c([C@H](c3nnnn3C3CCCCC3)N3c4ccccc4C[C@H]3C)cc2c1. The van der Waals surface area contributed by atoms with Crippen LogP contribution in [-0.2, 0) is 6.42 Å². The molecule has 2 aromatic carbocycles. The summed E-state index contributed by atoms with van der Waals surface area (Å²) in [4.78, 5) is 19.3. The van der Waals surface area contributed by atoms with Crippen molar-refractivity contribution in [3.05, 3.63) is 80.9 Å². The third-order valence-corrected chi connectivity index (χ3v) is 7.84. The molecule has 0 saturated heterocycles. The topological polar surface area (TPSA) is 79.7 Å². The van der Waals surface area contributed by atoms with Gasteiger partial charge in [-0.05, 0) is 85.2 Å². The normalized spacial score (nSPS) is 19.3. The molecule has 0 unspecified atom stereocenters. The van der Waals surface area contributed by atoms with E-state index in [1.54, 1.807) is 0 Å². The van der Waals surface area contributed by atoms with Crippen LogP contribution >= 0.6 is 0 Å². The van der Waals surface area contributed by atoms with Gasteiger partial charge in [-0.1, -0.05) is 49.1 Å². The Morgan fingerprint density at radius 3 is 2.69 bits per heavy atom. The van der Waals surface area contributed by atoms with Crippen LogP contribution in [-0.4, -0.2) is 31.2 Å². The van der Waals surface area contributed by atoms with Gasteiger partial charge in [-0.3, -0.25) is 4.79 Å². The highest BCUT2D eigenvalue weighted by Gasteiger charge is 2.38. The van der Waals surface area contributed by atoms with Crippen molar-refractivity contribution < 1.29 is 0 Å². The average molecular weight is 469 g/mol. The number of aromatic nitrogens is 5. The summed E-state index contributed by atoms with van der Waals surface area (Å²) in [6.07, 6.45) is 6.71. The first kappa shape index (κ1) is 22.0. The Kier molecular flexibility index (Phi) is 5.43. The van der Waals surface area contributed by atoms with Crippen LogP contribution in [0.4, 0.5) is 5.69 Å². The predicted molar refractivity (Wildman–Crippen MR) is 138 cm³/mol. The number of nitrogens with one attached hydrogen (secondary N) is 1. The van der Waals surface area contributed by atoms with Crippen molar-refractivity contribution in [2.45, 2.75) is 77.4 Å². The number of rotatable bonds is 4. The van der Waals surface area contributed by atoms with Crippen LogP contribution in [0.5, 0.6) is 0 Å². The summed E-state index contributed by atoms with van der Waals surface area (Å²) in [5, 5.41) is 14.2. The minimum absolute atomic E-state index is 0.0794. The first-order valence-corrected chi connectivity index (χ1v) is 12.8. The van der Waals surface area contributed by atoms with Crippen LogP contribution < -0.4 is 10.5 Å². The van der Waals surface area contributed by atoms with Gasteiger partial charge in [0.1, 0.15) is 6.04 Å². The summed E-state index contributed by atoms with van der Waals surface area (Å²) in [5.74, 6) is 0.759. The third kappa shape index (κ3) is 3.74. The lowest BCUT2D eigenvalue weighted by Crippen LogP contribution is -2.39.